The van der Waals surface area contributed by atoms with Crippen LogP contribution in [0, 0.1) is 12.1 Å². The van der Waals surface area contributed by atoms with Gasteiger partial charge < -0.3 is 8.83 Å². The fourth-order valence-corrected chi connectivity index (χ4v) is 5.91. The first-order valence-corrected chi connectivity index (χ1v) is 14.5. The molecule has 8 heteroatoms. The van der Waals surface area contributed by atoms with Gasteiger partial charge in [-0.25, -0.2) is 0 Å². The molecule has 6 aromatic heterocycles. The molecule has 220 valence electrons. The van der Waals surface area contributed by atoms with Crippen molar-refractivity contribution < 1.29 is 29.9 Å². The SMILES string of the molecule is [Pt+2].[c-]1ccc2c(oc3cnccc32)c1-c1cccc(N(c2ccccc2)c2cccc(-c3[c-]ccc4c3oc3cnccc34)n2)n1. The van der Waals surface area contributed by atoms with E-state index in [-0.39, 0.29) is 21.1 Å². The van der Waals surface area contributed by atoms with Gasteiger partial charge in [-0.15, -0.1) is 36.4 Å². The molecule has 0 atom stereocenters. The second kappa shape index (κ2) is 11.4. The van der Waals surface area contributed by atoms with Gasteiger partial charge in [0.1, 0.15) is 22.8 Å². The normalized spacial score (nSPS) is 11.3. The number of anilines is 3. The number of benzene rings is 3. The van der Waals surface area contributed by atoms with E-state index in [2.05, 4.69) is 22.1 Å². The third-order valence-corrected chi connectivity index (χ3v) is 7.93. The summed E-state index contributed by atoms with van der Waals surface area (Å²) in [6.07, 6.45) is 7.02. The van der Waals surface area contributed by atoms with Crippen LogP contribution in [0.4, 0.5) is 17.3 Å². The van der Waals surface area contributed by atoms with Crippen molar-refractivity contribution in [2.75, 3.05) is 4.90 Å². The van der Waals surface area contributed by atoms with E-state index in [4.69, 9.17) is 18.8 Å². The van der Waals surface area contributed by atoms with Gasteiger partial charge in [0.2, 0.25) is 0 Å². The van der Waals surface area contributed by atoms with Crippen LogP contribution in [0.1, 0.15) is 0 Å². The largest absolute Gasteiger partial charge is 2.00 e. The Labute approximate surface area is 277 Å². The van der Waals surface area contributed by atoms with Crippen LogP contribution >= 0.6 is 0 Å². The fourth-order valence-electron chi connectivity index (χ4n) is 5.91. The van der Waals surface area contributed by atoms with Gasteiger partial charge in [-0.3, -0.25) is 24.8 Å². The molecular weight excluding hydrogens is 754 g/mol. The minimum absolute atomic E-state index is 0. The second-order valence-electron chi connectivity index (χ2n) is 10.6. The second-order valence-corrected chi connectivity index (χ2v) is 10.6. The van der Waals surface area contributed by atoms with E-state index in [1.807, 2.05) is 108 Å². The molecule has 9 aromatic rings. The van der Waals surface area contributed by atoms with Crippen molar-refractivity contribution in [1.29, 1.82) is 0 Å². The molecule has 0 unspecified atom stereocenters. The summed E-state index contributed by atoms with van der Waals surface area (Å²) in [5.41, 5.74) is 6.84. The molecule has 0 saturated heterocycles. The summed E-state index contributed by atoms with van der Waals surface area (Å²) >= 11 is 0. The Morgan fingerprint density at radius 3 is 1.57 bits per heavy atom. The first-order valence-electron chi connectivity index (χ1n) is 14.5. The summed E-state index contributed by atoms with van der Waals surface area (Å²) in [7, 11) is 0. The molecule has 0 aliphatic heterocycles. The Hall–Kier alpha value is -5.65. The van der Waals surface area contributed by atoms with Crippen molar-refractivity contribution in [3.63, 3.8) is 0 Å². The van der Waals surface area contributed by atoms with E-state index < -0.39 is 0 Å². The first kappa shape index (κ1) is 27.9. The maximum Gasteiger partial charge on any atom is 2.00 e. The quantitative estimate of drug-likeness (QED) is 0.161. The number of hydrogen-bond donors (Lipinski definition) is 0. The molecule has 0 saturated carbocycles. The molecule has 0 N–H and O–H groups in total. The number of rotatable bonds is 5. The third-order valence-electron chi connectivity index (χ3n) is 7.93. The maximum absolute atomic E-state index is 6.25. The number of aromatic nitrogens is 4. The molecule has 0 bridgehead atoms. The van der Waals surface area contributed by atoms with Gasteiger partial charge in [0.15, 0.2) is 0 Å². The number of hydrogen-bond acceptors (Lipinski definition) is 7. The van der Waals surface area contributed by atoms with Gasteiger partial charge in [0.25, 0.3) is 0 Å². The Kier molecular flexibility index (Phi) is 6.89. The minimum Gasteiger partial charge on any atom is -0.499 e. The van der Waals surface area contributed by atoms with Crippen LogP contribution in [0.25, 0.3) is 66.4 Å². The number of pyridine rings is 4. The predicted octanol–water partition coefficient (Wildman–Crippen LogP) is 9.47. The van der Waals surface area contributed by atoms with Gasteiger partial charge in [-0.05, 0) is 47.8 Å². The maximum atomic E-state index is 6.25. The van der Waals surface area contributed by atoms with Gasteiger partial charge in [0.05, 0.1) is 23.6 Å². The fraction of sp³-hybridized carbons (Fsp3) is 0. The van der Waals surface area contributed by atoms with Crippen LogP contribution in [-0.2, 0) is 21.1 Å². The summed E-state index contributed by atoms with van der Waals surface area (Å²) in [5.74, 6) is 1.40. The van der Waals surface area contributed by atoms with E-state index >= 15 is 0 Å². The first-order chi connectivity index (χ1) is 22.3. The molecule has 6 heterocycles. The van der Waals surface area contributed by atoms with Gasteiger partial charge in [-0.1, -0.05) is 64.4 Å². The van der Waals surface area contributed by atoms with Crippen molar-refractivity contribution in [2.45, 2.75) is 0 Å². The zero-order chi connectivity index (χ0) is 29.7. The monoisotopic (exact) mass is 774 g/mol. The zero-order valence-corrected chi connectivity index (χ0v) is 26.3. The van der Waals surface area contributed by atoms with Crippen LogP contribution in [0.2, 0.25) is 0 Å². The van der Waals surface area contributed by atoms with Crippen molar-refractivity contribution >= 4 is 61.2 Å². The van der Waals surface area contributed by atoms with Crippen molar-refractivity contribution in [2.24, 2.45) is 0 Å². The molecule has 0 radical (unpaired) electrons. The molecule has 46 heavy (non-hydrogen) atoms. The van der Waals surface area contributed by atoms with Crippen LogP contribution in [0.15, 0.2) is 137 Å². The Bertz CT molecular complexity index is 2370. The number of nitrogens with zero attached hydrogens (tertiary/aromatic N) is 5. The molecule has 7 nitrogen and oxygen atoms in total. The summed E-state index contributed by atoms with van der Waals surface area (Å²) in [6, 6.07) is 40.5. The minimum atomic E-state index is 0. The molecule has 0 fully saturated rings. The molecule has 0 aliphatic carbocycles. The Morgan fingerprint density at radius 1 is 0.522 bits per heavy atom. The molecule has 0 aliphatic rings. The van der Waals surface area contributed by atoms with E-state index in [1.54, 1.807) is 24.8 Å². The predicted molar refractivity (Wildman–Crippen MR) is 175 cm³/mol. The molecular formula is C38H21N5O2Pt. The summed E-state index contributed by atoms with van der Waals surface area (Å²) in [6.45, 7) is 0. The van der Waals surface area contributed by atoms with Crippen LogP contribution in [0.3, 0.4) is 0 Å². The average Bonchev–Trinajstić information content (AvgIpc) is 3.68. The van der Waals surface area contributed by atoms with E-state index in [1.165, 1.54) is 0 Å². The number of para-hydroxylation sites is 1. The van der Waals surface area contributed by atoms with Crippen LogP contribution < -0.4 is 4.90 Å². The topological polar surface area (TPSA) is 81.1 Å². The van der Waals surface area contributed by atoms with Gasteiger partial charge in [-0.2, -0.15) is 0 Å². The summed E-state index contributed by atoms with van der Waals surface area (Å²) in [4.78, 5) is 20.8. The zero-order valence-electron chi connectivity index (χ0n) is 24.0. The van der Waals surface area contributed by atoms with E-state index in [9.17, 15) is 0 Å². The smallest absolute Gasteiger partial charge is 0.499 e. The van der Waals surface area contributed by atoms with Crippen LogP contribution in [0.5, 0.6) is 0 Å². The summed E-state index contributed by atoms with van der Waals surface area (Å²) < 4.78 is 12.5. The van der Waals surface area contributed by atoms with E-state index in [0.29, 0.717) is 11.6 Å². The van der Waals surface area contributed by atoms with Gasteiger partial charge >= 0.3 is 21.1 Å². The van der Waals surface area contributed by atoms with Crippen molar-refractivity contribution in [3.8, 4) is 22.5 Å². The molecule has 0 spiro atoms. The molecule has 3 aromatic carbocycles. The standard InChI is InChI=1S/C38H21N5O2.Pt/c1-2-8-24(9-3-1)43(35-16-6-14-31(41-35)29-12-4-10-27-25-18-20-39-22-33(25)44-37(27)29)36-17-7-15-32(42-36)30-13-5-11-28-26-19-21-40-23-34(26)45-38(28)30;/h1-11,14-23H;/q-2;+2. The third kappa shape index (κ3) is 4.56. The van der Waals surface area contributed by atoms with Gasteiger partial charge in [0, 0.05) is 28.9 Å². The Balaban J connectivity index is 0.00000312. The van der Waals surface area contributed by atoms with Crippen LogP contribution in [-0.4, -0.2) is 19.9 Å². The molecule has 0 amide bonds. The van der Waals surface area contributed by atoms with E-state index in [0.717, 1.165) is 72.1 Å². The average molecular weight is 775 g/mol. The van der Waals surface area contributed by atoms with Crippen molar-refractivity contribution in [3.05, 3.63) is 140 Å². The molecule has 9 rings (SSSR count). The van der Waals surface area contributed by atoms with Crippen molar-refractivity contribution in [1.82, 2.24) is 19.9 Å². The Morgan fingerprint density at radius 2 is 1.04 bits per heavy atom. The summed E-state index contributed by atoms with van der Waals surface area (Å²) in [5, 5.41) is 4.00. The number of fused-ring (bicyclic) bond motifs is 6. The number of furan rings is 2.